The maximum absolute atomic E-state index is 12.9. The van der Waals surface area contributed by atoms with E-state index in [1.165, 1.54) is 4.31 Å². The summed E-state index contributed by atoms with van der Waals surface area (Å²) < 4.78 is 65.6. The predicted octanol–water partition coefficient (Wildman–Crippen LogP) is 1.60. The lowest BCUT2D eigenvalue weighted by Crippen LogP contribution is -2.66. The number of pyridine rings is 1. The molecule has 4 heterocycles. The lowest BCUT2D eigenvalue weighted by molar-refractivity contribution is -0.251. The molecule has 0 spiro atoms. The van der Waals surface area contributed by atoms with Crippen LogP contribution in [0.15, 0.2) is 24.5 Å². The number of hydrogen-bond donors (Lipinski definition) is 2. The molecule has 1 unspecified atom stereocenters. The van der Waals surface area contributed by atoms with Crippen LogP contribution in [0.25, 0.3) is 11.0 Å². The summed E-state index contributed by atoms with van der Waals surface area (Å²) in [5, 5.41) is 9.55. The zero-order valence-corrected chi connectivity index (χ0v) is 17.6. The van der Waals surface area contributed by atoms with Gasteiger partial charge in [0.2, 0.25) is 15.6 Å². The molecule has 0 aliphatic carbocycles. The van der Waals surface area contributed by atoms with Gasteiger partial charge in [-0.2, -0.15) is 13.2 Å². The monoisotopic (exact) mass is 460 g/mol. The fourth-order valence-corrected chi connectivity index (χ4v) is 6.05. The van der Waals surface area contributed by atoms with Crippen molar-refractivity contribution in [2.75, 3.05) is 26.2 Å². The summed E-state index contributed by atoms with van der Waals surface area (Å²) in [6.07, 6.45) is -0.320. The number of aromatic amines is 1. The van der Waals surface area contributed by atoms with Crippen LogP contribution in [-0.2, 0) is 14.8 Å². The number of likely N-dealkylation sites (tertiary alicyclic amines) is 1. The SMILES string of the molecule is CC(O)(C(=O)N1CC(S(=O)(=O)N2CCC(c3c[nH]c4ncccc34)CC2)C1)C(F)(F)F. The summed E-state index contributed by atoms with van der Waals surface area (Å²) in [7, 11) is -3.75. The average molecular weight is 460 g/mol. The van der Waals surface area contributed by atoms with E-state index in [0.717, 1.165) is 21.5 Å². The molecule has 2 fully saturated rings. The fourth-order valence-electron chi connectivity index (χ4n) is 4.17. The molecule has 1 amide bonds. The lowest BCUT2D eigenvalue weighted by atomic mass is 9.90. The zero-order valence-electron chi connectivity index (χ0n) is 16.8. The van der Waals surface area contributed by atoms with Gasteiger partial charge < -0.3 is 15.0 Å². The number of rotatable bonds is 4. The highest BCUT2D eigenvalue weighted by Crippen LogP contribution is 2.36. The molecule has 2 aliphatic rings. The van der Waals surface area contributed by atoms with Gasteiger partial charge >= 0.3 is 6.18 Å². The van der Waals surface area contributed by atoms with E-state index in [9.17, 15) is 31.5 Å². The van der Waals surface area contributed by atoms with Crippen LogP contribution in [-0.4, -0.2) is 81.8 Å². The van der Waals surface area contributed by atoms with Crippen LogP contribution in [0.5, 0.6) is 0 Å². The van der Waals surface area contributed by atoms with E-state index < -0.39 is 33.0 Å². The van der Waals surface area contributed by atoms with Crippen LogP contribution in [0.3, 0.4) is 0 Å². The number of carbonyl (C=O) groups is 1. The van der Waals surface area contributed by atoms with E-state index in [0.29, 0.717) is 32.9 Å². The number of nitrogens with zero attached hydrogens (tertiary/aromatic N) is 3. The first-order valence-corrected chi connectivity index (χ1v) is 11.4. The summed E-state index contributed by atoms with van der Waals surface area (Å²) in [6, 6.07) is 3.81. The molecule has 4 rings (SSSR count). The van der Waals surface area contributed by atoms with E-state index in [1.807, 2.05) is 18.3 Å². The molecule has 2 saturated heterocycles. The van der Waals surface area contributed by atoms with Crippen LogP contribution < -0.4 is 0 Å². The van der Waals surface area contributed by atoms with E-state index in [2.05, 4.69) is 9.97 Å². The van der Waals surface area contributed by atoms with Gasteiger partial charge in [0.25, 0.3) is 5.91 Å². The zero-order chi connectivity index (χ0) is 22.6. The number of nitrogens with one attached hydrogen (secondary N) is 1. The van der Waals surface area contributed by atoms with Crippen molar-refractivity contribution in [1.82, 2.24) is 19.2 Å². The molecule has 0 bridgehead atoms. The maximum atomic E-state index is 12.9. The molecular weight excluding hydrogens is 437 g/mol. The van der Waals surface area contributed by atoms with Crippen molar-refractivity contribution in [2.24, 2.45) is 0 Å². The molecule has 2 aromatic heterocycles. The Bertz CT molecular complexity index is 1090. The van der Waals surface area contributed by atoms with Crippen LogP contribution in [0.2, 0.25) is 0 Å². The molecule has 1 atom stereocenters. The van der Waals surface area contributed by atoms with Gasteiger partial charge in [-0.15, -0.1) is 0 Å². The maximum Gasteiger partial charge on any atom is 0.426 e. The molecule has 2 aromatic rings. The van der Waals surface area contributed by atoms with Crippen molar-refractivity contribution >= 4 is 27.0 Å². The topological polar surface area (TPSA) is 107 Å². The second-order valence-electron chi connectivity index (χ2n) is 8.26. The Morgan fingerprint density at radius 2 is 1.90 bits per heavy atom. The first kappa shape index (κ1) is 22.0. The number of aliphatic hydroxyl groups is 1. The molecule has 0 aromatic carbocycles. The first-order chi connectivity index (χ1) is 14.4. The highest BCUT2D eigenvalue weighted by molar-refractivity contribution is 7.89. The Labute approximate surface area is 177 Å². The number of amides is 1. The molecule has 0 saturated carbocycles. The van der Waals surface area contributed by atoms with Crippen molar-refractivity contribution in [2.45, 2.75) is 42.7 Å². The second kappa shape index (κ2) is 7.45. The van der Waals surface area contributed by atoms with E-state index >= 15 is 0 Å². The number of alkyl halides is 3. The minimum atomic E-state index is -5.13. The van der Waals surface area contributed by atoms with Gasteiger partial charge in [-0.05, 0) is 43.4 Å². The Balaban J connectivity index is 1.37. The van der Waals surface area contributed by atoms with Crippen molar-refractivity contribution < 1.29 is 31.5 Å². The standard InChI is InChI=1S/C19H23F3N4O4S/c1-18(28,19(20,21)22)17(27)25-10-13(11-25)31(29,30)26-7-4-12(5-8-26)15-9-24-16-14(15)3-2-6-23-16/h2-3,6,9,12-13,28H,4-5,7-8,10-11H2,1H3,(H,23,24). The number of carbonyl (C=O) groups excluding carboxylic acids is 1. The summed E-state index contributed by atoms with van der Waals surface area (Å²) in [5.74, 6) is -1.36. The molecule has 8 nitrogen and oxygen atoms in total. The molecular formula is C19H23F3N4O4S. The normalized spacial score (nSPS) is 21.8. The predicted molar refractivity (Wildman–Crippen MR) is 106 cm³/mol. The van der Waals surface area contributed by atoms with E-state index in [1.54, 1.807) is 6.20 Å². The minimum Gasteiger partial charge on any atom is -0.373 e. The summed E-state index contributed by atoms with van der Waals surface area (Å²) in [6.45, 7) is 0.250. The Morgan fingerprint density at radius 3 is 2.52 bits per heavy atom. The van der Waals surface area contributed by atoms with E-state index in [-0.39, 0.29) is 19.0 Å². The Morgan fingerprint density at radius 1 is 1.26 bits per heavy atom. The van der Waals surface area contributed by atoms with Gasteiger partial charge in [-0.25, -0.2) is 17.7 Å². The summed E-state index contributed by atoms with van der Waals surface area (Å²) >= 11 is 0. The van der Waals surface area contributed by atoms with Crippen LogP contribution in [0.4, 0.5) is 13.2 Å². The van der Waals surface area contributed by atoms with Crippen LogP contribution in [0.1, 0.15) is 31.2 Å². The van der Waals surface area contributed by atoms with Gasteiger partial charge in [0.05, 0.1) is 0 Å². The number of fused-ring (bicyclic) bond motifs is 1. The first-order valence-electron chi connectivity index (χ1n) is 9.92. The van der Waals surface area contributed by atoms with Gasteiger partial charge in [0.1, 0.15) is 10.9 Å². The Hall–Kier alpha value is -2.18. The van der Waals surface area contributed by atoms with Gasteiger partial charge in [0, 0.05) is 44.0 Å². The highest BCUT2D eigenvalue weighted by atomic mass is 32.2. The average Bonchev–Trinajstić information content (AvgIpc) is 3.10. The molecule has 170 valence electrons. The van der Waals surface area contributed by atoms with Crippen LogP contribution in [0, 0.1) is 0 Å². The quantitative estimate of drug-likeness (QED) is 0.721. The van der Waals surface area contributed by atoms with Gasteiger partial charge in [0.15, 0.2) is 0 Å². The third-order valence-corrected chi connectivity index (χ3v) is 8.49. The third kappa shape index (κ3) is 3.70. The smallest absolute Gasteiger partial charge is 0.373 e. The van der Waals surface area contributed by atoms with E-state index in [4.69, 9.17) is 0 Å². The van der Waals surface area contributed by atoms with Gasteiger partial charge in [-0.1, -0.05) is 0 Å². The molecule has 0 radical (unpaired) electrons. The van der Waals surface area contributed by atoms with Crippen molar-refractivity contribution in [3.05, 3.63) is 30.1 Å². The number of H-pyrrole nitrogens is 1. The largest absolute Gasteiger partial charge is 0.426 e. The van der Waals surface area contributed by atoms with Crippen molar-refractivity contribution in [1.29, 1.82) is 0 Å². The molecule has 31 heavy (non-hydrogen) atoms. The number of sulfonamides is 1. The molecule has 12 heteroatoms. The Kier molecular flexibility index (Phi) is 5.30. The molecule has 2 aliphatic heterocycles. The van der Waals surface area contributed by atoms with Crippen LogP contribution >= 0.6 is 0 Å². The number of piperidine rings is 1. The summed E-state index contributed by atoms with van der Waals surface area (Å²) in [4.78, 5) is 20.1. The van der Waals surface area contributed by atoms with Crippen molar-refractivity contribution in [3.63, 3.8) is 0 Å². The third-order valence-electron chi connectivity index (χ3n) is 6.26. The fraction of sp³-hybridized carbons (Fsp3) is 0.579. The minimum absolute atomic E-state index is 0.172. The second-order valence-corrected chi connectivity index (χ2v) is 10.5. The molecule has 2 N–H and O–H groups in total. The highest BCUT2D eigenvalue weighted by Gasteiger charge is 2.59. The number of hydrogen-bond acceptors (Lipinski definition) is 5. The lowest BCUT2D eigenvalue weighted by Gasteiger charge is -2.44. The number of halogens is 3. The van der Waals surface area contributed by atoms with Gasteiger partial charge in [-0.3, -0.25) is 4.79 Å². The summed E-state index contributed by atoms with van der Waals surface area (Å²) in [5.41, 5.74) is -1.66. The number of aromatic nitrogens is 2. The van der Waals surface area contributed by atoms with Crippen molar-refractivity contribution in [3.8, 4) is 0 Å².